The molecule has 0 aromatic heterocycles. The van der Waals surface area contributed by atoms with Gasteiger partial charge in [-0.05, 0) is 26.3 Å². The highest BCUT2D eigenvalue weighted by molar-refractivity contribution is 5.61. The van der Waals surface area contributed by atoms with Gasteiger partial charge >= 0.3 is 6.16 Å². The van der Waals surface area contributed by atoms with Gasteiger partial charge in [0.2, 0.25) is 0 Å². The molecule has 0 amide bonds. The first kappa shape index (κ1) is 14.3. The third kappa shape index (κ3) is 5.04. The first-order chi connectivity index (χ1) is 8.42. The number of hydrogen-bond donors (Lipinski definition) is 0. The maximum atomic E-state index is 11.6. The Balaban J connectivity index is 2.70. The number of carbonyl (C=O) groups excluding carboxylic acids is 1. The molecule has 0 heterocycles. The smallest absolute Gasteiger partial charge is 0.429 e. The quantitative estimate of drug-likeness (QED) is 0.590. The van der Waals surface area contributed by atoms with E-state index in [9.17, 15) is 4.79 Å². The minimum absolute atomic E-state index is 0.349. The lowest BCUT2D eigenvalue weighted by Crippen LogP contribution is -2.25. The minimum Gasteiger partial charge on any atom is -0.429 e. The van der Waals surface area contributed by atoms with Gasteiger partial charge in [0.15, 0.2) is 0 Å². The maximum absolute atomic E-state index is 11.6. The SMILES string of the molecule is C=CCC(OC(=O)OC(C)(C)C)c1ccccc1. The van der Waals surface area contributed by atoms with Gasteiger partial charge < -0.3 is 9.47 Å². The molecule has 1 rings (SSSR count). The zero-order chi connectivity index (χ0) is 13.6. The van der Waals surface area contributed by atoms with Crippen LogP contribution >= 0.6 is 0 Å². The molecule has 1 aromatic carbocycles. The normalized spacial score (nSPS) is 12.6. The molecule has 0 aliphatic carbocycles. The summed E-state index contributed by atoms with van der Waals surface area (Å²) in [6.07, 6.45) is 1.28. The molecule has 0 spiro atoms. The molecule has 3 heteroatoms. The van der Waals surface area contributed by atoms with Crippen molar-refractivity contribution in [3.8, 4) is 0 Å². The lowest BCUT2D eigenvalue weighted by atomic mass is 10.1. The van der Waals surface area contributed by atoms with Crippen molar-refractivity contribution in [2.24, 2.45) is 0 Å². The number of ether oxygens (including phenoxy) is 2. The Morgan fingerprint density at radius 1 is 1.33 bits per heavy atom. The fraction of sp³-hybridized carbons (Fsp3) is 0.400. The van der Waals surface area contributed by atoms with Crippen molar-refractivity contribution in [1.82, 2.24) is 0 Å². The topological polar surface area (TPSA) is 35.5 Å². The van der Waals surface area contributed by atoms with Crippen LogP contribution in [0.3, 0.4) is 0 Å². The van der Waals surface area contributed by atoms with Gasteiger partial charge in [0.25, 0.3) is 0 Å². The van der Waals surface area contributed by atoms with Crippen LogP contribution in [0.5, 0.6) is 0 Å². The molecular formula is C15H20O3. The van der Waals surface area contributed by atoms with Crippen LogP contribution in [0.1, 0.15) is 38.9 Å². The van der Waals surface area contributed by atoms with E-state index in [1.165, 1.54) is 0 Å². The van der Waals surface area contributed by atoms with Crippen molar-refractivity contribution in [3.05, 3.63) is 48.6 Å². The standard InChI is InChI=1S/C15H20O3/c1-5-9-13(12-10-7-6-8-11-12)17-14(16)18-15(2,3)4/h5-8,10-11,13H,1,9H2,2-4H3. The van der Waals surface area contributed by atoms with Crippen LogP contribution in [-0.4, -0.2) is 11.8 Å². The molecular weight excluding hydrogens is 228 g/mol. The summed E-state index contributed by atoms with van der Waals surface area (Å²) in [6, 6.07) is 9.56. The third-order valence-corrected chi connectivity index (χ3v) is 2.18. The van der Waals surface area contributed by atoms with E-state index in [4.69, 9.17) is 9.47 Å². The molecule has 0 saturated carbocycles. The highest BCUT2D eigenvalue weighted by Gasteiger charge is 2.21. The summed E-state index contributed by atoms with van der Waals surface area (Å²) in [5.41, 5.74) is 0.384. The average Bonchev–Trinajstić information content (AvgIpc) is 2.27. The van der Waals surface area contributed by atoms with Crippen LogP contribution in [0.4, 0.5) is 4.79 Å². The van der Waals surface area contributed by atoms with Crippen molar-refractivity contribution < 1.29 is 14.3 Å². The molecule has 0 fully saturated rings. The molecule has 0 N–H and O–H groups in total. The first-order valence-electron chi connectivity index (χ1n) is 5.98. The molecule has 98 valence electrons. The fourth-order valence-electron chi connectivity index (χ4n) is 1.46. The second kappa shape index (κ2) is 6.24. The van der Waals surface area contributed by atoms with Crippen LogP contribution in [0.15, 0.2) is 43.0 Å². The van der Waals surface area contributed by atoms with Crippen LogP contribution in [0, 0.1) is 0 Å². The summed E-state index contributed by atoms with van der Waals surface area (Å²) in [6.45, 7) is 9.09. The van der Waals surface area contributed by atoms with Crippen molar-refractivity contribution in [2.75, 3.05) is 0 Å². The van der Waals surface area contributed by atoms with Gasteiger partial charge in [-0.25, -0.2) is 4.79 Å². The predicted molar refractivity (Wildman–Crippen MR) is 71.3 cm³/mol. The first-order valence-corrected chi connectivity index (χ1v) is 5.98. The van der Waals surface area contributed by atoms with E-state index in [0.29, 0.717) is 6.42 Å². The molecule has 0 radical (unpaired) electrons. The molecule has 0 aliphatic rings. The van der Waals surface area contributed by atoms with Gasteiger partial charge in [-0.3, -0.25) is 0 Å². The molecule has 3 nitrogen and oxygen atoms in total. The Morgan fingerprint density at radius 3 is 2.44 bits per heavy atom. The lowest BCUT2D eigenvalue weighted by Gasteiger charge is -2.22. The van der Waals surface area contributed by atoms with Crippen molar-refractivity contribution in [3.63, 3.8) is 0 Å². The molecule has 1 atom stereocenters. The molecule has 0 bridgehead atoms. The third-order valence-electron chi connectivity index (χ3n) is 2.18. The van der Waals surface area contributed by atoms with E-state index < -0.39 is 11.8 Å². The summed E-state index contributed by atoms with van der Waals surface area (Å²) in [5.74, 6) is 0. The molecule has 0 aliphatic heterocycles. The van der Waals surface area contributed by atoms with Crippen LogP contribution < -0.4 is 0 Å². The van der Waals surface area contributed by atoms with E-state index in [-0.39, 0.29) is 6.10 Å². The van der Waals surface area contributed by atoms with E-state index in [1.807, 2.05) is 30.3 Å². The van der Waals surface area contributed by atoms with Gasteiger partial charge in [0, 0.05) is 6.42 Å². The fourth-order valence-corrected chi connectivity index (χ4v) is 1.46. The highest BCUT2D eigenvalue weighted by Crippen LogP contribution is 2.23. The number of rotatable bonds is 4. The van der Waals surface area contributed by atoms with E-state index >= 15 is 0 Å². The van der Waals surface area contributed by atoms with E-state index in [1.54, 1.807) is 26.8 Å². The monoisotopic (exact) mass is 248 g/mol. The Bertz CT molecular complexity index is 390. The molecule has 1 unspecified atom stereocenters. The number of carbonyl (C=O) groups is 1. The zero-order valence-electron chi connectivity index (χ0n) is 11.2. The average molecular weight is 248 g/mol. The summed E-state index contributed by atoms with van der Waals surface area (Å²) in [4.78, 5) is 11.6. The van der Waals surface area contributed by atoms with Crippen molar-refractivity contribution >= 4 is 6.16 Å². The zero-order valence-corrected chi connectivity index (χ0v) is 11.2. The highest BCUT2D eigenvalue weighted by atomic mass is 16.7. The van der Waals surface area contributed by atoms with Gasteiger partial charge in [-0.1, -0.05) is 36.4 Å². The van der Waals surface area contributed by atoms with E-state index in [0.717, 1.165) is 5.56 Å². The Kier molecular flexibility index (Phi) is 4.95. The number of benzene rings is 1. The summed E-state index contributed by atoms with van der Waals surface area (Å²) in [5, 5.41) is 0. The van der Waals surface area contributed by atoms with Gasteiger partial charge in [-0.2, -0.15) is 0 Å². The Morgan fingerprint density at radius 2 is 1.94 bits per heavy atom. The molecule has 0 saturated heterocycles. The minimum atomic E-state index is -0.654. The Hall–Kier alpha value is -1.77. The van der Waals surface area contributed by atoms with Gasteiger partial charge in [0.1, 0.15) is 11.7 Å². The predicted octanol–water partition coefficient (Wildman–Crippen LogP) is 4.26. The lowest BCUT2D eigenvalue weighted by molar-refractivity contribution is -0.0269. The second-order valence-electron chi connectivity index (χ2n) is 5.01. The van der Waals surface area contributed by atoms with Crippen LogP contribution in [0.2, 0.25) is 0 Å². The summed E-state index contributed by atoms with van der Waals surface area (Å²) < 4.78 is 10.5. The van der Waals surface area contributed by atoms with Crippen LogP contribution in [-0.2, 0) is 9.47 Å². The summed E-state index contributed by atoms with van der Waals surface area (Å²) >= 11 is 0. The van der Waals surface area contributed by atoms with Crippen LogP contribution in [0.25, 0.3) is 0 Å². The van der Waals surface area contributed by atoms with Gasteiger partial charge in [0.05, 0.1) is 0 Å². The van der Waals surface area contributed by atoms with Crippen molar-refractivity contribution in [2.45, 2.75) is 38.9 Å². The molecule has 1 aromatic rings. The maximum Gasteiger partial charge on any atom is 0.509 e. The largest absolute Gasteiger partial charge is 0.509 e. The number of hydrogen-bond acceptors (Lipinski definition) is 3. The second-order valence-corrected chi connectivity index (χ2v) is 5.01. The van der Waals surface area contributed by atoms with E-state index in [2.05, 4.69) is 6.58 Å². The Labute approximate surface area is 108 Å². The van der Waals surface area contributed by atoms with Gasteiger partial charge in [-0.15, -0.1) is 6.58 Å². The van der Waals surface area contributed by atoms with Crippen molar-refractivity contribution in [1.29, 1.82) is 0 Å². The summed E-state index contributed by atoms with van der Waals surface area (Å²) in [7, 11) is 0. The molecule has 18 heavy (non-hydrogen) atoms.